The molecule has 0 aliphatic rings. The van der Waals surface area contributed by atoms with Crippen molar-refractivity contribution < 1.29 is 4.79 Å². The van der Waals surface area contributed by atoms with E-state index in [1.807, 2.05) is 30.3 Å². The van der Waals surface area contributed by atoms with Gasteiger partial charge >= 0.3 is 0 Å². The number of aromatic nitrogens is 2. The Hall–Kier alpha value is -3.92. The van der Waals surface area contributed by atoms with Gasteiger partial charge in [-0.25, -0.2) is 9.97 Å². The summed E-state index contributed by atoms with van der Waals surface area (Å²) in [4.78, 5) is 23.1. The van der Waals surface area contributed by atoms with Crippen LogP contribution in [0.3, 0.4) is 0 Å². The molecule has 1 aromatic heterocycles. The van der Waals surface area contributed by atoms with Crippen molar-refractivity contribution in [1.82, 2.24) is 9.97 Å². The average Bonchev–Trinajstić information content (AvgIpc) is 2.76. The van der Waals surface area contributed by atoms with Crippen LogP contribution in [0.15, 0.2) is 60.9 Å². The molecule has 0 radical (unpaired) electrons. The Kier molecular flexibility index (Phi) is 6.38. The molecule has 1 amide bonds. The number of rotatable bonds is 7. The van der Waals surface area contributed by atoms with Crippen LogP contribution in [0.1, 0.15) is 29.9 Å². The molecule has 7 nitrogen and oxygen atoms in total. The molecule has 7 heteroatoms. The number of benzene rings is 2. The van der Waals surface area contributed by atoms with E-state index in [1.54, 1.807) is 18.2 Å². The van der Waals surface area contributed by atoms with E-state index in [9.17, 15) is 4.79 Å². The highest BCUT2D eigenvalue weighted by atomic mass is 16.1. The van der Waals surface area contributed by atoms with Crippen molar-refractivity contribution in [3.05, 3.63) is 72.2 Å². The van der Waals surface area contributed by atoms with Gasteiger partial charge in [0, 0.05) is 30.2 Å². The minimum atomic E-state index is -0.328. The molecule has 0 bridgehead atoms. The lowest BCUT2D eigenvalue weighted by Gasteiger charge is -2.21. The predicted octanol–water partition coefficient (Wildman–Crippen LogP) is 4.19. The Bertz CT molecular complexity index is 1000. The van der Waals surface area contributed by atoms with Gasteiger partial charge in [-0.3, -0.25) is 4.79 Å². The zero-order valence-electron chi connectivity index (χ0n) is 16.4. The molecule has 29 heavy (non-hydrogen) atoms. The molecule has 2 N–H and O–H groups in total. The van der Waals surface area contributed by atoms with Crippen molar-refractivity contribution in [3.63, 3.8) is 0 Å². The number of hydrogen-bond donors (Lipinski definition) is 2. The van der Waals surface area contributed by atoms with E-state index < -0.39 is 0 Å². The SMILES string of the molecule is CCN(CC)c1ccc(NC(=O)c2cnc(Nc3cccc(C#N)c3)cn2)cc1. The number of nitriles is 1. The van der Waals surface area contributed by atoms with Crippen molar-refractivity contribution in [2.75, 3.05) is 28.6 Å². The Morgan fingerprint density at radius 1 is 1.03 bits per heavy atom. The summed E-state index contributed by atoms with van der Waals surface area (Å²) in [5, 5.41) is 14.9. The number of amides is 1. The topological polar surface area (TPSA) is 93.9 Å². The number of anilines is 4. The standard InChI is InChI=1S/C22H22N6O/c1-3-28(4-2)19-10-8-17(9-11-19)27-22(29)20-14-25-21(15-24-20)26-18-7-5-6-16(12-18)13-23/h5-12,14-15H,3-4H2,1-2H3,(H,25,26)(H,27,29). The van der Waals surface area contributed by atoms with Gasteiger partial charge in [-0.1, -0.05) is 6.07 Å². The minimum absolute atomic E-state index is 0.217. The maximum Gasteiger partial charge on any atom is 0.275 e. The first-order valence-corrected chi connectivity index (χ1v) is 9.38. The zero-order valence-corrected chi connectivity index (χ0v) is 16.4. The third-order valence-electron chi connectivity index (χ3n) is 4.40. The summed E-state index contributed by atoms with van der Waals surface area (Å²) in [6, 6.07) is 16.8. The smallest absolute Gasteiger partial charge is 0.275 e. The molecule has 0 spiro atoms. The summed E-state index contributed by atoms with van der Waals surface area (Å²) >= 11 is 0. The molecule has 2 aromatic carbocycles. The van der Waals surface area contributed by atoms with E-state index in [0.717, 1.165) is 24.5 Å². The molecule has 0 aliphatic heterocycles. The van der Waals surface area contributed by atoms with Crippen LogP contribution < -0.4 is 15.5 Å². The molecule has 0 unspecified atom stereocenters. The van der Waals surface area contributed by atoms with Crippen molar-refractivity contribution in [3.8, 4) is 6.07 Å². The summed E-state index contributed by atoms with van der Waals surface area (Å²) in [5.41, 5.74) is 3.30. The lowest BCUT2D eigenvalue weighted by molar-refractivity contribution is 0.102. The largest absolute Gasteiger partial charge is 0.372 e. The van der Waals surface area contributed by atoms with Gasteiger partial charge in [-0.2, -0.15) is 5.26 Å². The number of hydrogen-bond acceptors (Lipinski definition) is 6. The van der Waals surface area contributed by atoms with E-state index in [-0.39, 0.29) is 11.6 Å². The van der Waals surface area contributed by atoms with Gasteiger partial charge in [-0.05, 0) is 56.3 Å². The fraction of sp³-hybridized carbons (Fsp3) is 0.182. The van der Waals surface area contributed by atoms with Gasteiger partial charge in [0.25, 0.3) is 5.91 Å². The van der Waals surface area contributed by atoms with Crippen LogP contribution in [0.2, 0.25) is 0 Å². The van der Waals surface area contributed by atoms with Crippen molar-refractivity contribution in [1.29, 1.82) is 5.26 Å². The van der Waals surface area contributed by atoms with Crippen LogP contribution in [0.4, 0.5) is 22.9 Å². The van der Waals surface area contributed by atoms with Crippen LogP contribution in [0.5, 0.6) is 0 Å². The van der Waals surface area contributed by atoms with Crippen molar-refractivity contribution in [2.45, 2.75) is 13.8 Å². The quantitative estimate of drug-likeness (QED) is 0.632. The molecule has 3 rings (SSSR count). The Morgan fingerprint density at radius 2 is 1.79 bits per heavy atom. The van der Waals surface area contributed by atoms with E-state index in [4.69, 9.17) is 5.26 Å². The minimum Gasteiger partial charge on any atom is -0.372 e. The van der Waals surface area contributed by atoms with Crippen LogP contribution in [-0.2, 0) is 0 Å². The third-order valence-corrected chi connectivity index (χ3v) is 4.40. The van der Waals surface area contributed by atoms with Crippen LogP contribution >= 0.6 is 0 Å². The molecule has 0 saturated carbocycles. The fourth-order valence-corrected chi connectivity index (χ4v) is 2.86. The maximum absolute atomic E-state index is 12.4. The Labute approximate surface area is 170 Å². The number of carbonyl (C=O) groups is 1. The second-order valence-electron chi connectivity index (χ2n) is 6.28. The molecule has 146 valence electrons. The summed E-state index contributed by atoms with van der Waals surface area (Å²) < 4.78 is 0. The molecular weight excluding hydrogens is 364 g/mol. The van der Waals surface area contributed by atoms with Gasteiger partial charge in [0.05, 0.1) is 24.0 Å². The molecule has 3 aromatic rings. The van der Waals surface area contributed by atoms with E-state index >= 15 is 0 Å². The molecule has 0 aliphatic carbocycles. The van der Waals surface area contributed by atoms with Gasteiger partial charge < -0.3 is 15.5 Å². The molecule has 0 saturated heterocycles. The maximum atomic E-state index is 12.4. The average molecular weight is 386 g/mol. The predicted molar refractivity (Wildman–Crippen MR) is 114 cm³/mol. The fourth-order valence-electron chi connectivity index (χ4n) is 2.86. The van der Waals surface area contributed by atoms with Gasteiger partial charge in [-0.15, -0.1) is 0 Å². The summed E-state index contributed by atoms with van der Waals surface area (Å²) in [6.45, 7) is 6.07. The van der Waals surface area contributed by atoms with E-state index in [2.05, 4.69) is 45.4 Å². The second kappa shape index (κ2) is 9.33. The second-order valence-corrected chi connectivity index (χ2v) is 6.28. The zero-order chi connectivity index (χ0) is 20.6. The Morgan fingerprint density at radius 3 is 2.41 bits per heavy atom. The van der Waals surface area contributed by atoms with Crippen molar-refractivity contribution >= 4 is 28.8 Å². The lowest BCUT2D eigenvalue weighted by Crippen LogP contribution is -2.21. The van der Waals surface area contributed by atoms with Gasteiger partial charge in [0.2, 0.25) is 0 Å². The first-order chi connectivity index (χ1) is 14.1. The first-order valence-electron chi connectivity index (χ1n) is 9.38. The molecule has 1 heterocycles. The van der Waals surface area contributed by atoms with E-state index in [0.29, 0.717) is 17.1 Å². The van der Waals surface area contributed by atoms with Gasteiger partial charge in [0.1, 0.15) is 11.5 Å². The van der Waals surface area contributed by atoms with E-state index in [1.165, 1.54) is 12.4 Å². The first kappa shape index (κ1) is 19.8. The van der Waals surface area contributed by atoms with Gasteiger partial charge in [0.15, 0.2) is 0 Å². The summed E-state index contributed by atoms with van der Waals surface area (Å²) in [7, 11) is 0. The summed E-state index contributed by atoms with van der Waals surface area (Å²) in [5.74, 6) is 0.159. The van der Waals surface area contributed by atoms with Crippen LogP contribution in [0.25, 0.3) is 0 Å². The number of nitrogens with zero attached hydrogens (tertiary/aromatic N) is 4. The van der Waals surface area contributed by atoms with Crippen LogP contribution in [0, 0.1) is 11.3 Å². The van der Waals surface area contributed by atoms with Crippen molar-refractivity contribution in [2.24, 2.45) is 0 Å². The lowest BCUT2D eigenvalue weighted by atomic mass is 10.2. The number of carbonyl (C=O) groups excluding carboxylic acids is 1. The highest BCUT2D eigenvalue weighted by Crippen LogP contribution is 2.19. The monoisotopic (exact) mass is 386 g/mol. The highest BCUT2D eigenvalue weighted by Gasteiger charge is 2.09. The number of nitrogens with one attached hydrogen (secondary N) is 2. The summed E-state index contributed by atoms with van der Waals surface area (Å²) in [6.07, 6.45) is 2.90. The third kappa shape index (κ3) is 5.08. The molecule has 0 atom stereocenters. The highest BCUT2D eigenvalue weighted by molar-refractivity contribution is 6.02. The Balaban J connectivity index is 1.63. The van der Waals surface area contributed by atoms with Crippen LogP contribution in [-0.4, -0.2) is 29.0 Å². The molecular formula is C22H22N6O. The molecule has 0 fully saturated rings. The normalized spacial score (nSPS) is 10.1.